The molecular weight excluding hydrogens is 233 g/mol. The molecule has 0 spiro atoms. The topological polar surface area (TPSA) is 29.5 Å². The van der Waals surface area contributed by atoms with E-state index in [9.17, 15) is 9.18 Å². The van der Waals surface area contributed by atoms with Crippen molar-refractivity contribution in [1.29, 1.82) is 0 Å². The van der Waals surface area contributed by atoms with Gasteiger partial charge in [-0.1, -0.05) is 6.07 Å². The minimum Gasteiger partial charge on any atom is -0.478 e. The number of halogens is 1. The van der Waals surface area contributed by atoms with Gasteiger partial charge in [0.25, 0.3) is 5.91 Å². The van der Waals surface area contributed by atoms with Crippen molar-refractivity contribution in [3.05, 3.63) is 29.6 Å². The zero-order valence-corrected chi connectivity index (χ0v) is 10.8. The molecule has 1 unspecified atom stereocenters. The molecule has 2 rings (SSSR count). The summed E-state index contributed by atoms with van der Waals surface area (Å²) < 4.78 is 19.0. The van der Waals surface area contributed by atoms with E-state index >= 15 is 0 Å². The molecule has 1 atom stereocenters. The Balaban J connectivity index is 2.03. The van der Waals surface area contributed by atoms with E-state index in [1.54, 1.807) is 24.0 Å². The SMILES string of the molecule is Cc1ccc(F)c(OC(C)C(=O)N2CCCC2)c1. The third-order valence-electron chi connectivity index (χ3n) is 3.16. The van der Waals surface area contributed by atoms with Crippen molar-refractivity contribution >= 4 is 5.91 Å². The van der Waals surface area contributed by atoms with Crippen LogP contribution >= 0.6 is 0 Å². The molecule has 0 aliphatic carbocycles. The lowest BCUT2D eigenvalue weighted by atomic mass is 10.2. The summed E-state index contributed by atoms with van der Waals surface area (Å²) in [6, 6.07) is 4.65. The van der Waals surface area contributed by atoms with E-state index in [4.69, 9.17) is 4.74 Å². The molecule has 4 heteroatoms. The lowest BCUT2D eigenvalue weighted by Crippen LogP contribution is -2.38. The molecule has 1 saturated heterocycles. The highest BCUT2D eigenvalue weighted by atomic mass is 19.1. The largest absolute Gasteiger partial charge is 0.478 e. The Morgan fingerprint density at radius 3 is 2.72 bits per heavy atom. The zero-order valence-electron chi connectivity index (χ0n) is 10.8. The minimum absolute atomic E-state index is 0.0617. The van der Waals surface area contributed by atoms with Crippen LogP contribution in [0.2, 0.25) is 0 Å². The molecule has 0 bridgehead atoms. The molecule has 1 heterocycles. The maximum absolute atomic E-state index is 13.5. The Morgan fingerprint density at radius 1 is 1.39 bits per heavy atom. The maximum Gasteiger partial charge on any atom is 0.263 e. The first kappa shape index (κ1) is 12.9. The van der Waals surface area contributed by atoms with Crippen molar-refractivity contribution in [3.8, 4) is 5.75 Å². The normalized spacial score (nSPS) is 16.7. The lowest BCUT2D eigenvalue weighted by molar-refractivity contribution is -0.136. The van der Waals surface area contributed by atoms with Gasteiger partial charge < -0.3 is 9.64 Å². The number of carbonyl (C=O) groups is 1. The quantitative estimate of drug-likeness (QED) is 0.826. The fourth-order valence-corrected chi connectivity index (χ4v) is 2.14. The van der Waals surface area contributed by atoms with Crippen LogP contribution in [0.1, 0.15) is 25.3 Å². The van der Waals surface area contributed by atoms with E-state index in [0.29, 0.717) is 0 Å². The molecule has 0 aromatic heterocycles. The van der Waals surface area contributed by atoms with Crippen LogP contribution in [0.25, 0.3) is 0 Å². The second kappa shape index (κ2) is 5.38. The number of hydrogen-bond acceptors (Lipinski definition) is 2. The predicted molar refractivity (Wildman–Crippen MR) is 67.0 cm³/mol. The second-order valence-corrected chi connectivity index (χ2v) is 4.73. The molecule has 1 amide bonds. The number of rotatable bonds is 3. The van der Waals surface area contributed by atoms with Crippen LogP contribution < -0.4 is 4.74 Å². The first-order valence-corrected chi connectivity index (χ1v) is 6.29. The molecule has 1 aromatic carbocycles. The van der Waals surface area contributed by atoms with Crippen molar-refractivity contribution in [2.45, 2.75) is 32.8 Å². The highest BCUT2D eigenvalue weighted by molar-refractivity contribution is 5.81. The molecule has 1 aromatic rings. The summed E-state index contributed by atoms with van der Waals surface area (Å²) in [5.74, 6) is -0.342. The van der Waals surface area contributed by atoms with E-state index in [2.05, 4.69) is 0 Å². The molecule has 3 nitrogen and oxygen atoms in total. The Kier molecular flexibility index (Phi) is 3.84. The van der Waals surface area contributed by atoms with Gasteiger partial charge in [0, 0.05) is 13.1 Å². The summed E-state index contributed by atoms with van der Waals surface area (Å²) >= 11 is 0. The average molecular weight is 251 g/mol. The van der Waals surface area contributed by atoms with Gasteiger partial charge in [0.1, 0.15) is 0 Å². The number of benzene rings is 1. The van der Waals surface area contributed by atoms with E-state index in [1.165, 1.54) is 6.07 Å². The Morgan fingerprint density at radius 2 is 2.06 bits per heavy atom. The van der Waals surface area contributed by atoms with Crippen LogP contribution in [-0.4, -0.2) is 30.0 Å². The van der Waals surface area contributed by atoms with Gasteiger partial charge in [-0.05, 0) is 44.4 Å². The third kappa shape index (κ3) is 2.81. The smallest absolute Gasteiger partial charge is 0.263 e. The molecule has 0 radical (unpaired) electrons. The van der Waals surface area contributed by atoms with Gasteiger partial charge in [-0.3, -0.25) is 4.79 Å². The molecule has 1 fully saturated rings. The summed E-state index contributed by atoms with van der Waals surface area (Å²) in [5.41, 5.74) is 0.909. The van der Waals surface area contributed by atoms with E-state index < -0.39 is 11.9 Å². The Hall–Kier alpha value is -1.58. The molecule has 98 valence electrons. The first-order chi connectivity index (χ1) is 8.58. The lowest BCUT2D eigenvalue weighted by Gasteiger charge is -2.21. The fourth-order valence-electron chi connectivity index (χ4n) is 2.14. The number of hydrogen-bond donors (Lipinski definition) is 0. The summed E-state index contributed by atoms with van der Waals surface area (Å²) in [6.45, 7) is 5.09. The number of amides is 1. The number of carbonyl (C=O) groups excluding carboxylic acids is 1. The van der Waals surface area contributed by atoms with Gasteiger partial charge in [-0.2, -0.15) is 0 Å². The van der Waals surface area contributed by atoms with Crippen LogP contribution in [-0.2, 0) is 4.79 Å². The summed E-state index contributed by atoms with van der Waals surface area (Å²) in [4.78, 5) is 13.8. The number of aryl methyl sites for hydroxylation is 1. The van der Waals surface area contributed by atoms with Crippen molar-refractivity contribution in [2.24, 2.45) is 0 Å². The molecule has 1 aliphatic heterocycles. The van der Waals surface area contributed by atoms with Gasteiger partial charge in [0.2, 0.25) is 0 Å². The summed E-state index contributed by atoms with van der Waals surface area (Å²) in [5, 5.41) is 0. The average Bonchev–Trinajstić information content (AvgIpc) is 2.86. The molecule has 0 N–H and O–H groups in total. The van der Waals surface area contributed by atoms with Gasteiger partial charge in [0.15, 0.2) is 17.7 Å². The summed E-state index contributed by atoms with van der Waals surface area (Å²) in [6.07, 6.45) is 1.44. The maximum atomic E-state index is 13.5. The van der Waals surface area contributed by atoms with Crippen LogP contribution in [0.4, 0.5) is 4.39 Å². The van der Waals surface area contributed by atoms with Gasteiger partial charge in [-0.15, -0.1) is 0 Å². The standard InChI is InChI=1S/C14H18FNO2/c1-10-5-6-12(15)13(9-10)18-11(2)14(17)16-7-3-4-8-16/h5-6,9,11H,3-4,7-8H2,1-2H3. The van der Waals surface area contributed by atoms with Gasteiger partial charge in [0.05, 0.1) is 0 Å². The molecule has 1 aliphatic rings. The minimum atomic E-state index is -0.639. The van der Waals surface area contributed by atoms with Crippen molar-refractivity contribution < 1.29 is 13.9 Å². The van der Waals surface area contributed by atoms with Crippen molar-refractivity contribution in [1.82, 2.24) is 4.90 Å². The van der Waals surface area contributed by atoms with E-state index in [-0.39, 0.29) is 11.7 Å². The zero-order chi connectivity index (χ0) is 13.1. The number of nitrogens with zero attached hydrogens (tertiary/aromatic N) is 1. The first-order valence-electron chi connectivity index (χ1n) is 6.29. The molecule has 0 saturated carbocycles. The van der Waals surface area contributed by atoms with E-state index in [1.807, 2.05) is 6.92 Å². The Labute approximate surface area is 107 Å². The van der Waals surface area contributed by atoms with Crippen molar-refractivity contribution in [2.75, 3.05) is 13.1 Å². The molecule has 18 heavy (non-hydrogen) atoms. The van der Waals surface area contributed by atoms with E-state index in [0.717, 1.165) is 31.5 Å². The van der Waals surface area contributed by atoms with Crippen LogP contribution in [0.5, 0.6) is 5.75 Å². The van der Waals surface area contributed by atoms with Crippen molar-refractivity contribution in [3.63, 3.8) is 0 Å². The highest BCUT2D eigenvalue weighted by Gasteiger charge is 2.25. The fraction of sp³-hybridized carbons (Fsp3) is 0.500. The second-order valence-electron chi connectivity index (χ2n) is 4.73. The van der Waals surface area contributed by atoms with Gasteiger partial charge in [-0.25, -0.2) is 4.39 Å². The Bertz CT molecular complexity index is 441. The highest BCUT2D eigenvalue weighted by Crippen LogP contribution is 2.20. The van der Waals surface area contributed by atoms with Crippen LogP contribution in [0.3, 0.4) is 0 Å². The van der Waals surface area contributed by atoms with Gasteiger partial charge >= 0.3 is 0 Å². The van der Waals surface area contributed by atoms with Crippen LogP contribution in [0.15, 0.2) is 18.2 Å². The predicted octanol–water partition coefficient (Wildman–Crippen LogP) is 2.52. The van der Waals surface area contributed by atoms with Crippen LogP contribution in [0, 0.1) is 12.7 Å². The summed E-state index contributed by atoms with van der Waals surface area (Å²) in [7, 11) is 0. The number of likely N-dealkylation sites (tertiary alicyclic amines) is 1. The molecular formula is C14H18FNO2. The number of ether oxygens (including phenoxy) is 1. The monoisotopic (exact) mass is 251 g/mol. The third-order valence-corrected chi connectivity index (χ3v) is 3.16.